The predicted molar refractivity (Wildman–Crippen MR) is 98.8 cm³/mol. The van der Waals surface area contributed by atoms with Crippen LogP contribution >= 0.6 is 24.0 Å². The topological polar surface area (TPSA) is 89.8 Å². The molecule has 0 aliphatic carbocycles. The van der Waals surface area contributed by atoms with E-state index in [-0.39, 0.29) is 35.0 Å². The Morgan fingerprint density at radius 2 is 2.04 bits per heavy atom. The molecule has 0 N–H and O–H groups in total. The molecule has 0 bridgehead atoms. The summed E-state index contributed by atoms with van der Waals surface area (Å²) in [6.45, 7) is 3.89. The van der Waals surface area contributed by atoms with E-state index in [4.69, 9.17) is 17.0 Å². The summed E-state index contributed by atoms with van der Waals surface area (Å²) in [5, 5.41) is 10.7. The first-order valence-corrected chi connectivity index (χ1v) is 8.66. The van der Waals surface area contributed by atoms with Crippen molar-refractivity contribution in [2.75, 3.05) is 13.2 Å². The van der Waals surface area contributed by atoms with Gasteiger partial charge in [0.25, 0.3) is 11.6 Å². The zero-order valence-electron chi connectivity index (χ0n) is 13.6. The van der Waals surface area contributed by atoms with Crippen molar-refractivity contribution in [3.8, 4) is 0 Å². The van der Waals surface area contributed by atoms with Crippen LogP contribution in [0.1, 0.15) is 19.4 Å². The van der Waals surface area contributed by atoms with E-state index in [1.807, 2.05) is 13.8 Å². The summed E-state index contributed by atoms with van der Waals surface area (Å²) in [5.41, 5.74) is 0.603. The maximum Gasteiger partial charge on any atom is 0.326 e. The molecule has 1 aromatic rings. The van der Waals surface area contributed by atoms with Gasteiger partial charge >= 0.3 is 5.97 Å². The van der Waals surface area contributed by atoms with Gasteiger partial charge < -0.3 is 4.74 Å². The van der Waals surface area contributed by atoms with Crippen molar-refractivity contribution in [3.05, 3.63) is 44.8 Å². The minimum atomic E-state index is -0.512. The summed E-state index contributed by atoms with van der Waals surface area (Å²) >= 11 is 6.23. The second-order valence-corrected chi connectivity index (χ2v) is 7.37. The molecule has 1 heterocycles. The van der Waals surface area contributed by atoms with E-state index in [9.17, 15) is 19.7 Å². The van der Waals surface area contributed by atoms with Crippen LogP contribution in [0.25, 0.3) is 6.08 Å². The van der Waals surface area contributed by atoms with Crippen molar-refractivity contribution in [2.24, 2.45) is 5.92 Å². The third-order valence-corrected chi connectivity index (χ3v) is 4.52. The Morgan fingerprint density at radius 1 is 1.40 bits per heavy atom. The van der Waals surface area contributed by atoms with E-state index in [1.54, 1.807) is 18.2 Å². The summed E-state index contributed by atoms with van der Waals surface area (Å²) in [6, 6.07) is 5.80. The highest BCUT2D eigenvalue weighted by Crippen LogP contribution is 2.32. The number of rotatable bonds is 6. The molecule has 0 atom stereocenters. The number of nitro benzene ring substituents is 1. The average Bonchev–Trinajstić information content (AvgIpc) is 2.81. The Bertz CT molecular complexity index is 743. The lowest BCUT2D eigenvalue weighted by Gasteiger charge is -2.14. The van der Waals surface area contributed by atoms with Gasteiger partial charge in [-0.05, 0) is 29.7 Å². The molecule has 9 heteroatoms. The molecular formula is C16H16N2O5S2. The van der Waals surface area contributed by atoms with E-state index < -0.39 is 10.9 Å². The van der Waals surface area contributed by atoms with Crippen LogP contribution in [-0.4, -0.2) is 39.2 Å². The van der Waals surface area contributed by atoms with Gasteiger partial charge in [0.2, 0.25) is 0 Å². The highest BCUT2D eigenvalue weighted by atomic mass is 32.2. The molecule has 1 amide bonds. The van der Waals surface area contributed by atoms with Crippen LogP contribution in [0.15, 0.2) is 29.2 Å². The van der Waals surface area contributed by atoms with Crippen LogP contribution in [0.3, 0.4) is 0 Å². The lowest BCUT2D eigenvalue weighted by atomic mass is 10.2. The molecule has 132 valence electrons. The second kappa shape index (κ2) is 8.21. The van der Waals surface area contributed by atoms with Crippen LogP contribution in [0.2, 0.25) is 0 Å². The number of esters is 1. The number of benzene rings is 1. The van der Waals surface area contributed by atoms with Gasteiger partial charge in [0, 0.05) is 12.1 Å². The first-order valence-electron chi connectivity index (χ1n) is 7.43. The molecule has 0 unspecified atom stereocenters. The Morgan fingerprint density at radius 3 is 2.60 bits per heavy atom. The molecule has 2 rings (SSSR count). The van der Waals surface area contributed by atoms with Gasteiger partial charge in [-0.15, -0.1) is 0 Å². The number of hydrogen-bond acceptors (Lipinski definition) is 7. The van der Waals surface area contributed by atoms with Gasteiger partial charge in [-0.2, -0.15) is 0 Å². The molecule has 0 aromatic heterocycles. The highest BCUT2D eigenvalue weighted by molar-refractivity contribution is 8.26. The van der Waals surface area contributed by atoms with Crippen LogP contribution in [0.4, 0.5) is 5.69 Å². The third-order valence-electron chi connectivity index (χ3n) is 3.14. The fourth-order valence-corrected chi connectivity index (χ4v) is 3.17. The van der Waals surface area contributed by atoms with Crippen LogP contribution in [-0.2, 0) is 14.3 Å². The molecule has 0 radical (unpaired) electrons. The normalized spacial score (nSPS) is 16.0. The summed E-state index contributed by atoms with van der Waals surface area (Å²) in [4.78, 5) is 35.9. The summed E-state index contributed by atoms with van der Waals surface area (Å²) in [7, 11) is 0. The van der Waals surface area contributed by atoms with Gasteiger partial charge in [0.05, 0.1) is 16.4 Å². The first-order chi connectivity index (χ1) is 11.8. The Kier molecular flexibility index (Phi) is 6.27. The van der Waals surface area contributed by atoms with Gasteiger partial charge in [-0.25, -0.2) is 0 Å². The predicted octanol–water partition coefficient (Wildman–Crippen LogP) is 3.00. The smallest absolute Gasteiger partial charge is 0.326 e. The Hall–Kier alpha value is -2.26. The number of carbonyl (C=O) groups is 2. The molecule has 7 nitrogen and oxygen atoms in total. The third kappa shape index (κ3) is 5.10. The first kappa shape index (κ1) is 19.1. The maximum absolute atomic E-state index is 12.4. The molecule has 0 spiro atoms. The number of non-ortho nitro benzene ring substituents is 1. The number of thioether (sulfide) groups is 1. The van der Waals surface area contributed by atoms with E-state index in [2.05, 4.69) is 0 Å². The van der Waals surface area contributed by atoms with Crippen LogP contribution in [0.5, 0.6) is 0 Å². The highest BCUT2D eigenvalue weighted by Gasteiger charge is 2.33. The van der Waals surface area contributed by atoms with E-state index in [0.717, 1.165) is 11.8 Å². The van der Waals surface area contributed by atoms with E-state index >= 15 is 0 Å². The quantitative estimate of drug-likeness (QED) is 0.246. The number of nitrogens with zero attached hydrogens (tertiary/aromatic N) is 2. The molecule has 1 aliphatic heterocycles. The monoisotopic (exact) mass is 380 g/mol. The molecule has 1 aliphatic rings. The fourth-order valence-electron chi connectivity index (χ4n) is 1.91. The van der Waals surface area contributed by atoms with Gasteiger partial charge in [-0.3, -0.25) is 24.6 Å². The zero-order chi connectivity index (χ0) is 18.6. The minimum absolute atomic E-state index is 0.0300. The number of ether oxygens (including phenoxy) is 1. The number of hydrogen-bond donors (Lipinski definition) is 0. The lowest BCUT2D eigenvalue weighted by molar-refractivity contribution is -0.384. The molecule has 1 saturated heterocycles. The lowest BCUT2D eigenvalue weighted by Crippen LogP contribution is -2.34. The summed E-state index contributed by atoms with van der Waals surface area (Å²) in [6.07, 6.45) is 1.59. The number of nitro groups is 1. The van der Waals surface area contributed by atoms with Crippen LogP contribution in [0, 0.1) is 16.0 Å². The SMILES string of the molecule is CC(C)COC(=O)CN1C(=O)/C(=C/c2ccc([N+](=O)[O-])cc2)SC1=S. The zero-order valence-corrected chi connectivity index (χ0v) is 15.3. The standard InChI is InChI=1S/C16H16N2O5S2/c1-10(2)9-23-14(19)8-17-15(20)13(25-16(17)24)7-11-3-5-12(6-4-11)18(21)22/h3-7,10H,8-9H2,1-2H3/b13-7-. The molecular weight excluding hydrogens is 364 g/mol. The van der Waals surface area contributed by atoms with E-state index in [1.165, 1.54) is 17.0 Å². The van der Waals surface area contributed by atoms with Crippen molar-refractivity contribution in [1.29, 1.82) is 0 Å². The number of carbonyl (C=O) groups excluding carboxylic acids is 2. The van der Waals surface area contributed by atoms with Crippen molar-refractivity contribution >= 4 is 51.9 Å². The number of amides is 1. The van der Waals surface area contributed by atoms with Crippen molar-refractivity contribution < 1.29 is 19.2 Å². The second-order valence-electron chi connectivity index (χ2n) is 5.69. The van der Waals surface area contributed by atoms with Crippen LogP contribution < -0.4 is 0 Å². The van der Waals surface area contributed by atoms with E-state index in [0.29, 0.717) is 10.5 Å². The molecule has 1 aromatic carbocycles. The van der Waals surface area contributed by atoms with Gasteiger partial charge in [-0.1, -0.05) is 37.8 Å². The molecule has 1 fully saturated rings. The Labute approximate surface area is 154 Å². The fraction of sp³-hybridized carbons (Fsp3) is 0.312. The average molecular weight is 380 g/mol. The minimum Gasteiger partial charge on any atom is -0.464 e. The summed E-state index contributed by atoms with van der Waals surface area (Å²) in [5.74, 6) is -0.686. The van der Waals surface area contributed by atoms with Gasteiger partial charge in [0.1, 0.15) is 10.9 Å². The summed E-state index contributed by atoms with van der Waals surface area (Å²) < 4.78 is 5.34. The maximum atomic E-state index is 12.4. The van der Waals surface area contributed by atoms with Crippen molar-refractivity contribution in [3.63, 3.8) is 0 Å². The van der Waals surface area contributed by atoms with Gasteiger partial charge in [0.15, 0.2) is 0 Å². The molecule has 25 heavy (non-hydrogen) atoms. The van der Waals surface area contributed by atoms with Crippen molar-refractivity contribution in [1.82, 2.24) is 4.90 Å². The molecule has 0 saturated carbocycles. The van der Waals surface area contributed by atoms with Crippen molar-refractivity contribution in [2.45, 2.75) is 13.8 Å². The largest absolute Gasteiger partial charge is 0.464 e. The Balaban J connectivity index is 2.06. The number of thiocarbonyl (C=S) groups is 1.